The number of hydrogen-bond donors (Lipinski definition) is 2. The lowest BCUT2D eigenvalue weighted by atomic mass is 9.78. The number of aromatic nitrogens is 2. The molecule has 2 saturated heterocycles. The summed E-state index contributed by atoms with van der Waals surface area (Å²) in [6.07, 6.45) is 8.13. The van der Waals surface area contributed by atoms with Gasteiger partial charge in [0.2, 0.25) is 0 Å². The molecule has 2 fully saturated rings. The van der Waals surface area contributed by atoms with Gasteiger partial charge in [-0.2, -0.15) is 11.8 Å². The molecule has 3 heterocycles. The lowest BCUT2D eigenvalue weighted by Crippen LogP contribution is -2.45. The van der Waals surface area contributed by atoms with Crippen LogP contribution in [0.2, 0.25) is 0 Å². The molecular formula is C13H21N3OS. The molecule has 0 saturated carbocycles. The summed E-state index contributed by atoms with van der Waals surface area (Å²) in [7, 11) is 0. The normalized spacial score (nSPS) is 29.3. The molecule has 0 aliphatic carbocycles. The predicted molar refractivity (Wildman–Crippen MR) is 73.5 cm³/mol. The zero-order valence-electron chi connectivity index (χ0n) is 10.6. The predicted octanol–water partition coefficient (Wildman–Crippen LogP) is 2.10. The molecule has 5 heteroatoms. The molecule has 3 N–H and O–H groups in total. The van der Waals surface area contributed by atoms with Gasteiger partial charge in [-0.1, -0.05) is 0 Å². The van der Waals surface area contributed by atoms with Crippen LogP contribution in [0, 0.1) is 5.92 Å². The van der Waals surface area contributed by atoms with Crippen LogP contribution >= 0.6 is 11.8 Å². The lowest BCUT2D eigenvalue weighted by molar-refractivity contribution is -0.106. The van der Waals surface area contributed by atoms with Crippen molar-refractivity contribution >= 4 is 11.8 Å². The fraction of sp³-hybridized carbons (Fsp3) is 0.769. The Kier molecular flexibility index (Phi) is 3.63. The second kappa shape index (κ2) is 5.23. The standard InChI is InChI=1S/C13H21N3OS/c14-11(12-15-4-5-16-12)10-1-6-17-13(9-10)2-7-18-8-3-13/h4-5,10-11H,1-3,6-9,14H2,(H,15,16). The van der Waals surface area contributed by atoms with Gasteiger partial charge in [-0.05, 0) is 43.1 Å². The van der Waals surface area contributed by atoms with Crippen LogP contribution in [-0.4, -0.2) is 33.7 Å². The molecule has 4 nitrogen and oxygen atoms in total. The van der Waals surface area contributed by atoms with Crippen molar-refractivity contribution in [3.63, 3.8) is 0 Å². The second-order valence-corrected chi connectivity index (χ2v) is 6.62. The van der Waals surface area contributed by atoms with Gasteiger partial charge in [-0.25, -0.2) is 4.98 Å². The van der Waals surface area contributed by atoms with Crippen molar-refractivity contribution in [2.24, 2.45) is 11.7 Å². The Bertz CT molecular complexity index is 370. The number of nitrogens with two attached hydrogens (primary N) is 1. The lowest BCUT2D eigenvalue weighted by Gasteiger charge is -2.44. The minimum atomic E-state index is 0.0235. The number of thioether (sulfide) groups is 1. The highest BCUT2D eigenvalue weighted by molar-refractivity contribution is 7.99. The van der Waals surface area contributed by atoms with Gasteiger partial charge in [0.05, 0.1) is 11.6 Å². The molecule has 1 aromatic heterocycles. The van der Waals surface area contributed by atoms with E-state index in [1.54, 1.807) is 6.20 Å². The molecule has 0 radical (unpaired) electrons. The summed E-state index contributed by atoms with van der Waals surface area (Å²) in [6, 6.07) is 0.0235. The fourth-order valence-corrected chi connectivity index (χ4v) is 4.38. The first-order valence-electron chi connectivity index (χ1n) is 6.76. The highest BCUT2D eigenvalue weighted by Crippen LogP contribution is 2.42. The number of ether oxygens (including phenoxy) is 1. The van der Waals surface area contributed by atoms with Crippen LogP contribution in [0.5, 0.6) is 0 Å². The van der Waals surface area contributed by atoms with Crippen LogP contribution in [-0.2, 0) is 4.74 Å². The molecule has 3 rings (SSSR count). The van der Waals surface area contributed by atoms with Crippen molar-refractivity contribution in [3.05, 3.63) is 18.2 Å². The van der Waals surface area contributed by atoms with E-state index in [0.717, 1.165) is 25.3 Å². The van der Waals surface area contributed by atoms with E-state index in [-0.39, 0.29) is 11.6 Å². The Morgan fingerprint density at radius 2 is 2.33 bits per heavy atom. The van der Waals surface area contributed by atoms with Gasteiger partial charge in [-0.15, -0.1) is 0 Å². The maximum Gasteiger partial charge on any atom is 0.123 e. The summed E-state index contributed by atoms with van der Waals surface area (Å²) in [4.78, 5) is 7.44. The van der Waals surface area contributed by atoms with E-state index < -0.39 is 0 Å². The van der Waals surface area contributed by atoms with Crippen LogP contribution in [0.3, 0.4) is 0 Å². The summed E-state index contributed by atoms with van der Waals surface area (Å²) in [5, 5.41) is 0. The fourth-order valence-electron chi connectivity index (χ4n) is 3.15. The average Bonchev–Trinajstić information content (AvgIpc) is 2.93. The molecule has 0 amide bonds. The van der Waals surface area contributed by atoms with Gasteiger partial charge < -0.3 is 15.5 Å². The average molecular weight is 267 g/mol. The van der Waals surface area contributed by atoms with Gasteiger partial charge in [0.25, 0.3) is 0 Å². The van der Waals surface area contributed by atoms with Gasteiger partial charge in [0, 0.05) is 19.0 Å². The molecule has 1 spiro atoms. The van der Waals surface area contributed by atoms with Gasteiger partial charge in [-0.3, -0.25) is 0 Å². The number of imidazole rings is 1. The van der Waals surface area contributed by atoms with Crippen molar-refractivity contribution in [2.45, 2.75) is 37.3 Å². The van der Waals surface area contributed by atoms with Crippen molar-refractivity contribution in [3.8, 4) is 0 Å². The van der Waals surface area contributed by atoms with Gasteiger partial charge in [0.15, 0.2) is 0 Å². The van der Waals surface area contributed by atoms with Crippen molar-refractivity contribution in [1.29, 1.82) is 0 Å². The Balaban J connectivity index is 1.70. The van der Waals surface area contributed by atoms with Crippen LogP contribution in [0.4, 0.5) is 0 Å². The van der Waals surface area contributed by atoms with E-state index in [2.05, 4.69) is 9.97 Å². The zero-order valence-corrected chi connectivity index (χ0v) is 11.4. The molecule has 100 valence electrons. The molecule has 2 atom stereocenters. The van der Waals surface area contributed by atoms with Crippen LogP contribution in [0.15, 0.2) is 12.4 Å². The number of aromatic amines is 1. The van der Waals surface area contributed by atoms with E-state index in [1.807, 2.05) is 18.0 Å². The molecule has 2 aliphatic rings. The van der Waals surface area contributed by atoms with Crippen molar-refractivity contribution < 1.29 is 4.74 Å². The maximum absolute atomic E-state index is 6.35. The number of nitrogens with zero attached hydrogens (tertiary/aromatic N) is 1. The minimum Gasteiger partial charge on any atom is -0.375 e. The largest absolute Gasteiger partial charge is 0.375 e. The molecular weight excluding hydrogens is 246 g/mol. The topological polar surface area (TPSA) is 63.9 Å². The number of H-pyrrole nitrogens is 1. The first-order chi connectivity index (χ1) is 8.79. The van der Waals surface area contributed by atoms with Crippen LogP contribution in [0.25, 0.3) is 0 Å². The molecule has 0 bridgehead atoms. The zero-order chi connectivity index (χ0) is 12.4. The number of rotatable bonds is 2. The summed E-state index contributed by atoms with van der Waals surface area (Å²) >= 11 is 2.04. The van der Waals surface area contributed by atoms with E-state index in [4.69, 9.17) is 10.5 Å². The molecule has 18 heavy (non-hydrogen) atoms. The third-order valence-corrected chi connectivity index (χ3v) is 5.26. The summed E-state index contributed by atoms with van der Waals surface area (Å²) in [5.41, 5.74) is 6.46. The third kappa shape index (κ3) is 2.44. The quantitative estimate of drug-likeness (QED) is 0.861. The van der Waals surface area contributed by atoms with Gasteiger partial charge >= 0.3 is 0 Å². The second-order valence-electron chi connectivity index (χ2n) is 5.40. The number of hydrogen-bond acceptors (Lipinski definition) is 4. The monoisotopic (exact) mass is 267 g/mol. The molecule has 0 aromatic carbocycles. The number of nitrogens with one attached hydrogen (secondary N) is 1. The van der Waals surface area contributed by atoms with E-state index >= 15 is 0 Å². The summed E-state index contributed by atoms with van der Waals surface area (Å²) in [5.74, 6) is 3.86. The van der Waals surface area contributed by atoms with Gasteiger partial charge in [0.1, 0.15) is 5.82 Å². The van der Waals surface area contributed by atoms with E-state index in [1.165, 1.54) is 24.3 Å². The molecule has 2 aliphatic heterocycles. The van der Waals surface area contributed by atoms with Crippen LogP contribution < -0.4 is 5.73 Å². The van der Waals surface area contributed by atoms with E-state index in [0.29, 0.717) is 5.92 Å². The summed E-state index contributed by atoms with van der Waals surface area (Å²) in [6.45, 7) is 0.851. The molecule has 2 unspecified atom stereocenters. The maximum atomic E-state index is 6.35. The first-order valence-corrected chi connectivity index (χ1v) is 7.91. The summed E-state index contributed by atoms with van der Waals surface area (Å²) < 4.78 is 6.10. The smallest absolute Gasteiger partial charge is 0.123 e. The highest BCUT2D eigenvalue weighted by atomic mass is 32.2. The SMILES string of the molecule is NC(c1ncc[nH]1)C1CCOC2(CCSCC2)C1. The highest BCUT2D eigenvalue weighted by Gasteiger charge is 2.40. The Morgan fingerprint density at radius 1 is 1.50 bits per heavy atom. The Hall–Kier alpha value is -0.520. The van der Waals surface area contributed by atoms with Crippen molar-refractivity contribution in [2.75, 3.05) is 18.1 Å². The third-order valence-electron chi connectivity index (χ3n) is 4.28. The van der Waals surface area contributed by atoms with Crippen molar-refractivity contribution in [1.82, 2.24) is 9.97 Å². The minimum absolute atomic E-state index is 0.0235. The first kappa shape index (κ1) is 12.5. The molecule has 1 aromatic rings. The van der Waals surface area contributed by atoms with Crippen LogP contribution in [0.1, 0.15) is 37.5 Å². The Morgan fingerprint density at radius 3 is 3.06 bits per heavy atom. The Labute approximate surface area is 112 Å². The van der Waals surface area contributed by atoms with E-state index in [9.17, 15) is 0 Å².